The Morgan fingerprint density at radius 3 is 2.64 bits per heavy atom. The van der Waals surface area contributed by atoms with Gasteiger partial charge in [-0.15, -0.1) is 0 Å². The summed E-state index contributed by atoms with van der Waals surface area (Å²) in [5.74, 6) is -1.26. The molecule has 1 N–H and O–H groups in total. The Balaban J connectivity index is 1.99. The van der Waals surface area contributed by atoms with Crippen LogP contribution in [0.5, 0.6) is 0 Å². The molecule has 2 rings (SSSR count). The summed E-state index contributed by atoms with van der Waals surface area (Å²) in [7, 11) is -3.66. The molecule has 0 saturated heterocycles. The third-order valence-electron chi connectivity index (χ3n) is 4.12. The zero-order chi connectivity index (χ0) is 16.2. The highest BCUT2D eigenvalue weighted by Gasteiger charge is 2.29. The van der Waals surface area contributed by atoms with Crippen LogP contribution in [0.4, 0.5) is 4.39 Å². The van der Waals surface area contributed by atoms with Crippen molar-refractivity contribution in [1.82, 2.24) is 5.32 Å². The van der Waals surface area contributed by atoms with E-state index in [2.05, 4.69) is 5.32 Å². The number of hydrogen-bond acceptors (Lipinski definition) is 3. The van der Waals surface area contributed by atoms with Crippen LogP contribution in [-0.4, -0.2) is 25.6 Å². The van der Waals surface area contributed by atoms with Crippen LogP contribution in [0.1, 0.15) is 44.6 Å². The summed E-state index contributed by atoms with van der Waals surface area (Å²) in [5, 5.41) is 1.70. The van der Waals surface area contributed by atoms with Gasteiger partial charge in [-0.05, 0) is 37.5 Å². The average molecular weight is 327 g/mol. The molecule has 0 radical (unpaired) electrons. The summed E-state index contributed by atoms with van der Waals surface area (Å²) in [5.41, 5.74) is 0.359. The Labute approximate surface area is 131 Å². The van der Waals surface area contributed by atoms with Crippen molar-refractivity contribution >= 4 is 15.7 Å². The first kappa shape index (κ1) is 16.9. The van der Waals surface area contributed by atoms with E-state index in [-0.39, 0.29) is 11.8 Å². The van der Waals surface area contributed by atoms with Gasteiger partial charge >= 0.3 is 0 Å². The van der Waals surface area contributed by atoms with Crippen molar-refractivity contribution in [3.8, 4) is 0 Å². The SMILES string of the molecule is CC(C(=O)NC1CCCCC1)S(=O)(=O)Cc1cccc(F)c1. The lowest BCUT2D eigenvalue weighted by molar-refractivity contribution is -0.121. The zero-order valence-electron chi connectivity index (χ0n) is 12.7. The lowest BCUT2D eigenvalue weighted by atomic mass is 9.95. The number of carbonyl (C=O) groups excluding carboxylic acids is 1. The molecule has 0 bridgehead atoms. The minimum atomic E-state index is -3.66. The molecule has 0 heterocycles. The predicted molar refractivity (Wildman–Crippen MR) is 83.5 cm³/mol. The van der Waals surface area contributed by atoms with Crippen molar-refractivity contribution in [2.75, 3.05) is 0 Å². The molecule has 22 heavy (non-hydrogen) atoms. The molecule has 0 aromatic heterocycles. The van der Waals surface area contributed by atoms with Crippen molar-refractivity contribution in [1.29, 1.82) is 0 Å². The number of amides is 1. The van der Waals surface area contributed by atoms with Crippen LogP contribution >= 0.6 is 0 Å². The topological polar surface area (TPSA) is 63.2 Å². The molecule has 1 fully saturated rings. The molecule has 0 aliphatic heterocycles. The first-order valence-electron chi connectivity index (χ1n) is 7.65. The van der Waals surface area contributed by atoms with Crippen molar-refractivity contribution < 1.29 is 17.6 Å². The lowest BCUT2D eigenvalue weighted by Gasteiger charge is -2.24. The quantitative estimate of drug-likeness (QED) is 0.904. The van der Waals surface area contributed by atoms with Crippen LogP contribution in [0.25, 0.3) is 0 Å². The largest absolute Gasteiger partial charge is 0.352 e. The number of sulfone groups is 1. The van der Waals surface area contributed by atoms with Gasteiger partial charge in [0.05, 0.1) is 5.75 Å². The van der Waals surface area contributed by atoms with Crippen LogP contribution < -0.4 is 5.32 Å². The van der Waals surface area contributed by atoms with Crippen LogP contribution in [0.3, 0.4) is 0 Å². The van der Waals surface area contributed by atoms with E-state index in [9.17, 15) is 17.6 Å². The Hall–Kier alpha value is -1.43. The predicted octanol–water partition coefficient (Wildman–Crippen LogP) is 2.58. The van der Waals surface area contributed by atoms with E-state index in [1.165, 1.54) is 31.5 Å². The first-order valence-corrected chi connectivity index (χ1v) is 9.36. The molecule has 6 heteroatoms. The fourth-order valence-electron chi connectivity index (χ4n) is 2.71. The number of nitrogens with one attached hydrogen (secondary N) is 1. The number of rotatable bonds is 5. The van der Waals surface area contributed by atoms with E-state index in [0.29, 0.717) is 5.56 Å². The van der Waals surface area contributed by atoms with Gasteiger partial charge in [0.15, 0.2) is 9.84 Å². The summed E-state index contributed by atoms with van der Waals surface area (Å²) in [6.45, 7) is 1.40. The lowest BCUT2D eigenvalue weighted by Crippen LogP contribution is -2.44. The molecule has 1 atom stereocenters. The maximum atomic E-state index is 13.1. The highest BCUT2D eigenvalue weighted by molar-refractivity contribution is 7.92. The third kappa shape index (κ3) is 4.53. The number of carbonyl (C=O) groups is 1. The molecule has 1 aliphatic rings. The fraction of sp³-hybridized carbons (Fsp3) is 0.562. The van der Waals surface area contributed by atoms with Gasteiger partial charge in [0, 0.05) is 6.04 Å². The molecule has 1 amide bonds. The van der Waals surface area contributed by atoms with Gasteiger partial charge in [-0.1, -0.05) is 31.4 Å². The maximum Gasteiger partial charge on any atom is 0.238 e. The standard InChI is InChI=1S/C16H22FNO3S/c1-12(16(19)18-15-8-3-2-4-9-15)22(20,21)11-13-6-5-7-14(17)10-13/h5-7,10,12,15H,2-4,8-9,11H2,1H3,(H,18,19). The summed E-state index contributed by atoms with van der Waals surface area (Å²) in [6, 6.07) is 5.53. The Morgan fingerprint density at radius 2 is 2.00 bits per heavy atom. The van der Waals surface area contributed by atoms with E-state index in [1.54, 1.807) is 6.07 Å². The molecular weight excluding hydrogens is 305 g/mol. The molecule has 122 valence electrons. The molecule has 1 unspecified atom stereocenters. The molecule has 0 spiro atoms. The van der Waals surface area contributed by atoms with E-state index >= 15 is 0 Å². The van der Waals surface area contributed by atoms with Crippen LogP contribution in [0.15, 0.2) is 24.3 Å². The first-order chi connectivity index (χ1) is 10.4. The van der Waals surface area contributed by atoms with Crippen LogP contribution in [0, 0.1) is 5.82 Å². The molecule has 1 aliphatic carbocycles. The van der Waals surface area contributed by atoms with E-state index in [1.807, 2.05) is 0 Å². The second-order valence-electron chi connectivity index (χ2n) is 5.92. The highest BCUT2D eigenvalue weighted by atomic mass is 32.2. The Bertz CT molecular complexity index is 624. The third-order valence-corrected chi connectivity index (χ3v) is 6.14. The monoisotopic (exact) mass is 327 g/mol. The van der Waals surface area contributed by atoms with E-state index in [4.69, 9.17) is 0 Å². The van der Waals surface area contributed by atoms with Gasteiger partial charge in [-0.25, -0.2) is 12.8 Å². The Kier molecular flexibility index (Phi) is 5.56. The van der Waals surface area contributed by atoms with Gasteiger partial charge in [0.1, 0.15) is 11.1 Å². The number of hydrogen-bond donors (Lipinski definition) is 1. The summed E-state index contributed by atoms with van der Waals surface area (Å²) >= 11 is 0. The molecule has 1 saturated carbocycles. The minimum Gasteiger partial charge on any atom is -0.352 e. The normalized spacial score (nSPS) is 17.9. The van der Waals surface area contributed by atoms with Gasteiger partial charge in [0.25, 0.3) is 0 Å². The van der Waals surface area contributed by atoms with Gasteiger partial charge in [-0.3, -0.25) is 4.79 Å². The van der Waals surface area contributed by atoms with E-state index < -0.39 is 26.8 Å². The zero-order valence-corrected chi connectivity index (χ0v) is 13.5. The van der Waals surface area contributed by atoms with Gasteiger partial charge in [0.2, 0.25) is 5.91 Å². The number of halogens is 1. The second-order valence-corrected chi connectivity index (χ2v) is 8.24. The molecule has 1 aromatic rings. The second kappa shape index (κ2) is 7.22. The van der Waals surface area contributed by atoms with Crippen LogP contribution in [-0.2, 0) is 20.4 Å². The average Bonchev–Trinajstić information content (AvgIpc) is 2.47. The number of benzene rings is 1. The molecule has 1 aromatic carbocycles. The highest BCUT2D eigenvalue weighted by Crippen LogP contribution is 2.18. The van der Waals surface area contributed by atoms with Gasteiger partial charge < -0.3 is 5.32 Å². The van der Waals surface area contributed by atoms with Crippen molar-refractivity contribution in [2.45, 2.75) is 56.1 Å². The van der Waals surface area contributed by atoms with Crippen molar-refractivity contribution in [3.05, 3.63) is 35.6 Å². The summed E-state index contributed by atoms with van der Waals surface area (Å²) in [6.07, 6.45) is 5.11. The smallest absolute Gasteiger partial charge is 0.238 e. The van der Waals surface area contributed by atoms with E-state index in [0.717, 1.165) is 25.7 Å². The van der Waals surface area contributed by atoms with Gasteiger partial charge in [-0.2, -0.15) is 0 Å². The van der Waals surface area contributed by atoms with Crippen molar-refractivity contribution in [2.24, 2.45) is 0 Å². The van der Waals surface area contributed by atoms with Crippen molar-refractivity contribution in [3.63, 3.8) is 0 Å². The molecule has 4 nitrogen and oxygen atoms in total. The maximum absolute atomic E-state index is 13.1. The summed E-state index contributed by atoms with van der Waals surface area (Å²) < 4.78 is 37.8. The summed E-state index contributed by atoms with van der Waals surface area (Å²) in [4.78, 5) is 12.2. The fourth-order valence-corrected chi connectivity index (χ4v) is 4.00. The van der Waals surface area contributed by atoms with Crippen LogP contribution in [0.2, 0.25) is 0 Å². The Morgan fingerprint density at radius 1 is 1.32 bits per heavy atom. The molecular formula is C16H22FNO3S. The minimum absolute atomic E-state index is 0.0769.